The van der Waals surface area contributed by atoms with Crippen molar-refractivity contribution >= 4 is 22.9 Å². The Labute approximate surface area is 277 Å². The van der Waals surface area contributed by atoms with Gasteiger partial charge in [-0.15, -0.1) is 0 Å². The van der Waals surface area contributed by atoms with Crippen LogP contribution in [0.4, 0.5) is 10.3 Å². The number of nitrogens with zero attached hydrogens (tertiary/aromatic N) is 5. The first-order valence-corrected chi connectivity index (χ1v) is 16.2. The Morgan fingerprint density at radius 1 is 0.979 bits per heavy atom. The van der Waals surface area contributed by atoms with E-state index in [1.54, 1.807) is 24.1 Å². The minimum absolute atomic E-state index is 0.0102. The molecule has 1 saturated heterocycles. The highest BCUT2D eigenvalue weighted by Crippen LogP contribution is 2.38. The Balaban J connectivity index is 1.29. The lowest BCUT2D eigenvalue weighted by Gasteiger charge is -2.28. The fourth-order valence-corrected chi connectivity index (χ4v) is 6.36. The first kappa shape index (κ1) is 33.8. The number of para-hydroxylation sites is 2. The van der Waals surface area contributed by atoms with Crippen molar-refractivity contribution in [2.75, 3.05) is 72.5 Å². The third-order valence-electron chi connectivity index (χ3n) is 8.92. The Kier molecular flexibility index (Phi) is 11.4. The maximum Gasteiger partial charge on any atom is 0.253 e. The first-order chi connectivity index (χ1) is 22.9. The van der Waals surface area contributed by atoms with Crippen molar-refractivity contribution < 1.29 is 23.4 Å². The SMILES string of the molecule is C/C=C/Cn1c(N2CCCN(CCC(CN(C)C(=O)c3cc(OC)c(OC)c(OC)c3)c3ccc(F)cc3)CC2)nc2ccccc21. The average Bonchev–Trinajstić information content (AvgIpc) is 3.30. The van der Waals surface area contributed by atoms with Gasteiger partial charge in [0.15, 0.2) is 11.5 Å². The molecule has 9 nitrogen and oxygen atoms in total. The van der Waals surface area contributed by atoms with Crippen LogP contribution < -0.4 is 19.1 Å². The van der Waals surface area contributed by atoms with Crippen LogP contribution in [0.3, 0.4) is 0 Å². The van der Waals surface area contributed by atoms with E-state index in [9.17, 15) is 9.18 Å². The quantitative estimate of drug-likeness (QED) is 0.160. The zero-order valence-corrected chi connectivity index (χ0v) is 28.1. The van der Waals surface area contributed by atoms with Crippen LogP contribution in [0.2, 0.25) is 0 Å². The molecule has 1 aliphatic rings. The van der Waals surface area contributed by atoms with E-state index in [1.807, 2.05) is 25.1 Å². The molecular formula is C37H46FN5O4. The molecule has 0 radical (unpaired) electrons. The molecular weight excluding hydrogens is 597 g/mol. The number of anilines is 1. The van der Waals surface area contributed by atoms with Gasteiger partial charge in [-0.25, -0.2) is 9.37 Å². The fourth-order valence-electron chi connectivity index (χ4n) is 6.36. The van der Waals surface area contributed by atoms with Crippen LogP contribution in [0, 0.1) is 5.82 Å². The van der Waals surface area contributed by atoms with Gasteiger partial charge in [0, 0.05) is 51.3 Å². The zero-order chi connectivity index (χ0) is 33.3. The van der Waals surface area contributed by atoms with E-state index in [-0.39, 0.29) is 17.6 Å². The number of likely N-dealkylation sites (N-methyl/N-ethyl adjacent to an activating group) is 1. The summed E-state index contributed by atoms with van der Waals surface area (Å²) in [6, 6.07) is 18.3. The molecule has 4 aromatic rings. The molecule has 1 aliphatic heterocycles. The topological polar surface area (TPSA) is 72.3 Å². The van der Waals surface area contributed by atoms with Gasteiger partial charge in [-0.1, -0.05) is 36.4 Å². The summed E-state index contributed by atoms with van der Waals surface area (Å²) in [5, 5.41) is 0. The number of carbonyl (C=O) groups excluding carboxylic acids is 1. The number of hydrogen-bond donors (Lipinski definition) is 0. The molecule has 2 heterocycles. The van der Waals surface area contributed by atoms with Crippen molar-refractivity contribution in [3.63, 3.8) is 0 Å². The molecule has 3 aromatic carbocycles. The molecule has 0 spiro atoms. The lowest BCUT2D eigenvalue weighted by molar-refractivity contribution is 0.0782. The fraction of sp³-hybridized carbons (Fsp3) is 0.405. The van der Waals surface area contributed by atoms with E-state index in [0.717, 1.165) is 74.7 Å². The summed E-state index contributed by atoms with van der Waals surface area (Å²) in [7, 11) is 6.39. The Bertz CT molecular complexity index is 1650. The van der Waals surface area contributed by atoms with Gasteiger partial charge in [0.1, 0.15) is 5.82 Å². The van der Waals surface area contributed by atoms with Gasteiger partial charge in [-0.2, -0.15) is 0 Å². The summed E-state index contributed by atoms with van der Waals surface area (Å²) in [5.41, 5.74) is 3.60. The first-order valence-electron chi connectivity index (χ1n) is 16.2. The normalized spacial score (nSPS) is 14.7. The predicted octanol–water partition coefficient (Wildman–Crippen LogP) is 6.24. The molecule has 0 saturated carbocycles. The smallest absolute Gasteiger partial charge is 0.253 e. The van der Waals surface area contributed by atoms with Crippen molar-refractivity contribution in [1.29, 1.82) is 0 Å². The molecule has 250 valence electrons. The second kappa shape index (κ2) is 15.8. The van der Waals surface area contributed by atoms with Crippen LogP contribution in [-0.4, -0.2) is 92.9 Å². The van der Waals surface area contributed by atoms with Crippen LogP contribution in [-0.2, 0) is 6.54 Å². The van der Waals surface area contributed by atoms with Crippen LogP contribution in [0.1, 0.15) is 41.6 Å². The minimum Gasteiger partial charge on any atom is -0.493 e. The third-order valence-corrected chi connectivity index (χ3v) is 8.92. The number of ether oxygens (including phenoxy) is 3. The molecule has 0 N–H and O–H groups in total. The van der Waals surface area contributed by atoms with Crippen LogP contribution in [0.5, 0.6) is 17.2 Å². The van der Waals surface area contributed by atoms with Crippen LogP contribution in [0.25, 0.3) is 11.0 Å². The van der Waals surface area contributed by atoms with E-state index in [1.165, 1.54) is 33.5 Å². The summed E-state index contributed by atoms with van der Waals surface area (Å²) in [6.45, 7) is 7.85. The highest BCUT2D eigenvalue weighted by atomic mass is 19.1. The van der Waals surface area contributed by atoms with Crippen molar-refractivity contribution in [2.24, 2.45) is 0 Å². The van der Waals surface area contributed by atoms with Gasteiger partial charge in [-0.05, 0) is 74.8 Å². The average molecular weight is 644 g/mol. The lowest BCUT2D eigenvalue weighted by Crippen LogP contribution is -2.35. The number of carbonyl (C=O) groups is 1. The Morgan fingerprint density at radius 3 is 2.38 bits per heavy atom. The van der Waals surface area contributed by atoms with Crippen LogP contribution >= 0.6 is 0 Å². The summed E-state index contributed by atoms with van der Waals surface area (Å²) < 4.78 is 32.6. The Morgan fingerprint density at radius 2 is 1.70 bits per heavy atom. The maximum absolute atomic E-state index is 13.9. The third kappa shape index (κ3) is 7.88. The summed E-state index contributed by atoms with van der Waals surface area (Å²) in [5.74, 6) is 1.87. The van der Waals surface area contributed by atoms with Gasteiger partial charge in [0.05, 0.1) is 32.4 Å². The number of halogens is 1. The van der Waals surface area contributed by atoms with Gasteiger partial charge >= 0.3 is 0 Å². The van der Waals surface area contributed by atoms with Crippen LogP contribution in [0.15, 0.2) is 72.8 Å². The molecule has 10 heteroatoms. The summed E-state index contributed by atoms with van der Waals surface area (Å²) in [4.78, 5) is 25.3. The molecule has 0 bridgehead atoms. The summed E-state index contributed by atoms with van der Waals surface area (Å²) in [6.07, 6.45) is 6.09. The standard InChI is InChI=1S/C37H46FN5O4/c1-6-7-20-43-32-12-9-8-11-31(32)39-37(43)42-19-10-18-41(22-23-42)21-17-28(27-13-15-30(38)16-14-27)26-40(2)36(44)29-24-33(45-3)35(47-5)34(25-29)46-4/h6-9,11-16,24-25,28H,10,17-23,26H2,1-5H3/b7-6+. The molecule has 1 amide bonds. The number of amides is 1. The molecule has 0 aliphatic carbocycles. The number of benzene rings is 3. The van der Waals surface area contributed by atoms with E-state index in [2.05, 4.69) is 44.7 Å². The predicted molar refractivity (Wildman–Crippen MR) is 185 cm³/mol. The molecule has 47 heavy (non-hydrogen) atoms. The number of imidazole rings is 1. The molecule has 1 unspecified atom stereocenters. The van der Waals surface area contributed by atoms with E-state index >= 15 is 0 Å². The van der Waals surface area contributed by atoms with E-state index in [0.29, 0.717) is 29.4 Å². The minimum atomic E-state index is -0.276. The highest BCUT2D eigenvalue weighted by molar-refractivity contribution is 5.95. The molecule has 1 atom stereocenters. The molecule has 1 fully saturated rings. The van der Waals surface area contributed by atoms with E-state index < -0.39 is 0 Å². The van der Waals surface area contributed by atoms with Gasteiger partial charge < -0.3 is 33.5 Å². The lowest BCUT2D eigenvalue weighted by atomic mass is 9.94. The number of aromatic nitrogens is 2. The second-order valence-electron chi connectivity index (χ2n) is 11.9. The van der Waals surface area contributed by atoms with Gasteiger partial charge in [-0.3, -0.25) is 4.79 Å². The largest absolute Gasteiger partial charge is 0.493 e. The number of allylic oxidation sites excluding steroid dienone is 2. The zero-order valence-electron chi connectivity index (χ0n) is 28.1. The van der Waals surface area contributed by atoms with Crippen molar-refractivity contribution in [2.45, 2.75) is 32.2 Å². The van der Waals surface area contributed by atoms with Crippen molar-refractivity contribution in [3.05, 3.63) is 89.8 Å². The second-order valence-corrected chi connectivity index (χ2v) is 11.9. The summed E-state index contributed by atoms with van der Waals surface area (Å²) >= 11 is 0. The van der Waals surface area contributed by atoms with Crippen molar-refractivity contribution in [3.8, 4) is 17.2 Å². The number of rotatable bonds is 13. The van der Waals surface area contributed by atoms with Crippen molar-refractivity contribution in [1.82, 2.24) is 19.4 Å². The number of methoxy groups -OCH3 is 3. The highest BCUT2D eigenvalue weighted by Gasteiger charge is 2.25. The van der Waals surface area contributed by atoms with Gasteiger partial charge in [0.25, 0.3) is 5.91 Å². The molecule has 5 rings (SSSR count). The monoisotopic (exact) mass is 643 g/mol. The van der Waals surface area contributed by atoms with E-state index in [4.69, 9.17) is 19.2 Å². The Hall–Kier alpha value is -4.57. The van der Waals surface area contributed by atoms with Gasteiger partial charge in [0.2, 0.25) is 11.7 Å². The number of fused-ring (bicyclic) bond motifs is 1. The molecule has 1 aromatic heterocycles. The number of hydrogen-bond acceptors (Lipinski definition) is 7. The maximum atomic E-state index is 13.9.